The molecule has 4 rings (SSSR count). The molecule has 32 heavy (non-hydrogen) atoms. The molecule has 0 aromatic rings. The fraction of sp³-hybridized carbons (Fsp3) is 0.852. The predicted octanol–water partition coefficient (Wildman–Crippen LogP) is 5.06. The molecule has 0 saturated heterocycles. The van der Waals surface area contributed by atoms with Crippen LogP contribution in [0.3, 0.4) is 0 Å². The van der Waals surface area contributed by atoms with Gasteiger partial charge in [-0.05, 0) is 86.4 Å². The minimum atomic E-state index is -0.436. The molecule has 0 aromatic carbocycles. The molecular formula is C27H42O5. The Morgan fingerprint density at radius 3 is 2.62 bits per heavy atom. The lowest BCUT2D eigenvalue weighted by Gasteiger charge is -2.58. The summed E-state index contributed by atoms with van der Waals surface area (Å²) in [5.41, 5.74) is 1.48. The van der Waals surface area contributed by atoms with E-state index in [1.807, 2.05) is 0 Å². The first kappa shape index (κ1) is 23.8. The molecule has 3 fully saturated rings. The Hall–Kier alpha value is -1.36. The number of aliphatic hydroxyl groups is 1. The molecule has 5 nitrogen and oxygen atoms in total. The zero-order valence-electron chi connectivity index (χ0n) is 20.6. The highest BCUT2D eigenvalue weighted by molar-refractivity contribution is 5.69. The van der Waals surface area contributed by atoms with Crippen LogP contribution in [0.5, 0.6) is 0 Å². The smallest absolute Gasteiger partial charge is 0.305 e. The van der Waals surface area contributed by atoms with Crippen molar-refractivity contribution in [2.75, 3.05) is 7.11 Å². The predicted molar refractivity (Wildman–Crippen MR) is 123 cm³/mol. The van der Waals surface area contributed by atoms with Gasteiger partial charge in [0.25, 0.3) is 0 Å². The van der Waals surface area contributed by atoms with E-state index in [0.29, 0.717) is 36.0 Å². The molecule has 3 unspecified atom stereocenters. The Morgan fingerprint density at radius 1 is 1.19 bits per heavy atom. The van der Waals surface area contributed by atoms with E-state index in [4.69, 9.17) is 9.47 Å². The second-order valence-electron chi connectivity index (χ2n) is 11.6. The molecule has 0 amide bonds. The van der Waals surface area contributed by atoms with Gasteiger partial charge in [-0.15, -0.1) is 0 Å². The van der Waals surface area contributed by atoms with Crippen LogP contribution in [0.1, 0.15) is 85.5 Å². The highest BCUT2D eigenvalue weighted by Gasteiger charge is 2.60. The average Bonchev–Trinajstić information content (AvgIpc) is 3.11. The number of ether oxygens (including phenoxy) is 2. The van der Waals surface area contributed by atoms with Crippen LogP contribution < -0.4 is 0 Å². The van der Waals surface area contributed by atoms with Crippen molar-refractivity contribution in [3.63, 3.8) is 0 Å². The van der Waals surface area contributed by atoms with Crippen LogP contribution in [0.25, 0.3) is 0 Å². The molecule has 9 atom stereocenters. The molecule has 0 aromatic heterocycles. The van der Waals surface area contributed by atoms with E-state index in [2.05, 4.69) is 26.8 Å². The Bertz CT molecular complexity index is 774. The van der Waals surface area contributed by atoms with Gasteiger partial charge in [-0.25, -0.2) is 0 Å². The number of esters is 2. The van der Waals surface area contributed by atoms with Crippen molar-refractivity contribution in [2.45, 2.75) is 97.7 Å². The number of hydrogen-bond donors (Lipinski definition) is 1. The lowest BCUT2D eigenvalue weighted by Crippen LogP contribution is -2.53. The number of aliphatic hydroxyl groups excluding tert-OH is 1. The molecule has 180 valence electrons. The molecule has 0 spiro atoms. The van der Waals surface area contributed by atoms with E-state index >= 15 is 0 Å². The Balaban J connectivity index is 1.55. The van der Waals surface area contributed by atoms with Gasteiger partial charge in [0.1, 0.15) is 6.10 Å². The van der Waals surface area contributed by atoms with Gasteiger partial charge >= 0.3 is 11.9 Å². The van der Waals surface area contributed by atoms with Gasteiger partial charge < -0.3 is 14.6 Å². The molecule has 5 heteroatoms. The summed E-state index contributed by atoms with van der Waals surface area (Å²) in [5.74, 6) is 2.08. The number of fused-ring (bicyclic) bond motifs is 5. The maximum atomic E-state index is 11.7. The maximum Gasteiger partial charge on any atom is 0.305 e. The van der Waals surface area contributed by atoms with Crippen molar-refractivity contribution >= 4 is 11.9 Å². The number of allylic oxidation sites excluding steroid dienone is 1. The Labute approximate surface area is 193 Å². The third kappa shape index (κ3) is 3.82. The van der Waals surface area contributed by atoms with Crippen LogP contribution in [-0.2, 0) is 19.1 Å². The molecule has 4 aliphatic carbocycles. The zero-order valence-corrected chi connectivity index (χ0v) is 20.6. The minimum absolute atomic E-state index is 0.0491. The highest BCUT2D eigenvalue weighted by atomic mass is 16.5. The number of hydrogen-bond acceptors (Lipinski definition) is 5. The second kappa shape index (κ2) is 8.77. The third-order valence-corrected chi connectivity index (χ3v) is 10.2. The van der Waals surface area contributed by atoms with Gasteiger partial charge in [0, 0.05) is 18.8 Å². The fourth-order valence-electron chi connectivity index (χ4n) is 8.44. The van der Waals surface area contributed by atoms with E-state index in [1.165, 1.54) is 38.9 Å². The molecule has 0 aliphatic heterocycles. The lowest BCUT2D eigenvalue weighted by atomic mass is 9.47. The summed E-state index contributed by atoms with van der Waals surface area (Å²) in [6.45, 7) is 8.48. The molecule has 0 heterocycles. The first-order chi connectivity index (χ1) is 15.1. The standard InChI is InChI=1S/C27H42O5/c1-16(6-11-25(30)31-5)21-9-10-22-20-8-7-18-14-19(32-17(2)28)12-13-26(18,3)23(20)15-24(29)27(21,22)4/h15-16,18-22,24,29H,6-14H2,1-5H3/t16-,18-,19-,20?,21?,22?,24-,26+,27-/m1/s1. The summed E-state index contributed by atoms with van der Waals surface area (Å²) in [6, 6.07) is 0. The van der Waals surface area contributed by atoms with Gasteiger partial charge in [0.05, 0.1) is 13.2 Å². The second-order valence-corrected chi connectivity index (χ2v) is 11.6. The monoisotopic (exact) mass is 446 g/mol. The summed E-state index contributed by atoms with van der Waals surface area (Å²) in [7, 11) is 1.45. The van der Waals surface area contributed by atoms with E-state index in [9.17, 15) is 14.7 Å². The van der Waals surface area contributed by atoms with Crippen molar-refractivity contribution in [3.05, 3.63) is 11.6 Å². The van der Waals surface area contributed by atoms with Gasteiger partial charge in [-0.2, -0.15) is 0 Å². The number of carbonyl (C=O) groups is 2. The largest absolute Gasteiger partial charge is 0.469 e. The number of carbonyl (C=O) groups excluding carboxylic acids is 2. The van der Waals surface area contributed by atoms with Crippen molar-refractivity contribution in [3.8, 4) is 0 Å². The summed E-state index contributed by atoms with van der Waals surface area (Å²) in [6.07, 6.45) is 10.7. The molecule has 3 saturated carbocycles. The van der Waals surface area contributed by atoms with Crippen LogP contribution in [0, 0.1) is 40.4 Å². The SMILES string of the molecule is COC(=O)CC[C@@H](C)C1CCC2C3CC[C@@H]4C[C@H](OC(C)=O)CC[C@]4(C)C3=C[C@@H](O)[C@@]21C. The maximum absolute atomic E-state index is 11.7. The summed E-state index contributed by atoms with van der Waals surface area (Å²) < 4.78 is 10.4. The van der Waals surface area contributed by atoms with Crippen LogP contribution in [0.2, 0.25) is 0 Å². The zero-order chi connectivity index (χ0) is 23.3. The van der Waals surface area contributed by atoms with Crippen molar-refractivity contribution in [1.29, 1.82) is 0 Å². The Kier molecular flexibility index (Phi) is 6.52. The van der Waals surface area contributed by atoms with E-state index < -0.39 is 6.10 Å². The van der Waals surface area contributed by atoms with E-state index in [1.54, 1.807) is 0 Å². The van der Waals surface area contributed by atoms with E-state index in [0.717, 1.165) is 32.1 Å². The lowest BCUT2D eigenvalue weighted by molar-refractivity contribution is -0.151. The van der Waals surface area contributed by atoms with Gasteiger partial charge in [-0.3, -0.25) is 9.59 Å². The van der Waals surface area contributed by atoms with Crippen LogP contribution >= 0.6 is 0 Å². The quantitative estimate of drug-likeness (QED) is 0.472. The van der Waals surface area contributed by atoms with Crippen LogP contribution in [-0.4, -0.2) is 36.4 Å². The molecular weight excluding hydrogens is 404 g/mol. The van der Waals surface area contributed by atoms with Gasteiger partial charge in [0.15, 0.2) is 0 Å². The molecule has 4 aliphatic rings. The summed E-state index contributed by atoms with van der Waals surface area (Å²) in [4.78, 5) is 23.2. The minimum Gasteiger partial charge on any atom is -0.469 e. The first-order valence-corrected chi connectivity index (χ1v) is 12.8. The van der Waals surface area contributed by atoms with Crippen molar-refractivity contribution in [2.24, 2.45) is 40.4 Å². The molecule has 0 radical (unpaired) electrons. The van der Waals surface area contributed by atoms with Crippen molar-refractivity contribution in [1.82, 2.24) is 0 Å². The third-order valence-electron chi connectivity index (χ3n) is 10.2. The van der Waals surface area contributed by atoms with Crippen molar-refractivity contribution < 1.29 is 24.2 Å². The van der Waals surface area contributed by atoms with Crippen LogP contribution in [0.15, 0.2) is 11.6 Å². The van der Waals surface area contributed by atoms with Crippen LogP contribution in [0.4, 0.5) is 0 Å². The van der Waals surface area contributed by atoms with Gasteiger partial charge in [0.2, 0.25) is 0 Å². The topological polar surface area (TPSA) is 72.8 Å². The number of rotatable bonds is 5. The molecule has 0 bridgehead atoms. The highest BCUT2D eigenvalue weighted by Crippen LogP contribution is 2.66. The number of methoxy groups -OCH3 is 1. The van der Waals surface area contributed by atoms with Gasteiger partial charge in [-0.1, -0.05) is 32.4 Å². The first-order valence-electron chi connectivity index (χ1n) is 12.8. The Morgan fingerprint density at radius 2 is 1.94 bits per heavy atom. The normalized spacial score (nSPS) is 43.9. The summed E-state index contributed by atoms with van der Waals surface area (Å²) in [5, 5.41) is 11.6. The fourth-order valence-corrected chi connectivity index (χ4v) is 8.44. The summed E-state index contributed by atoms with van der Waals surface area (Å²) >= 11 is 0. The molecule has 1 N–H and O–H groups in total. The van der Waals surface area contributed by atoms with E-state index in [-0.39, 0.29) is 28.9 Å². The average molecular weight is 447 g/mol.